The first-order chi connectivity index (χ1) is 11.1. The molecule has 4 nitrogen and oxygen atoms in total. The summed E-state index contributed by atoms with van der Waals surface area (Å²) in [5.41, 5.74) is 2.78. The van der Waals surface area contributed by atoms with Crippen molar-refractivity contribution in [2.45, 2.75) is 0 Å². The third-order valence-corrected chi connectivity index (χ3v) is 4.35. The maximum absolute atomic E-state index is 6.38. The third-order valence-electron chi connectivity index (χ3n) is 3.80. The summed E-state index contributed by atoms with van der Waals surface area (Å²) < 4.78 is 3.79. The van der Waals surface area contributed by atoms with Gasteiger partial charge in [0.2, 0.25) is 0 Å². The molecular weight excluding hydrogens is 331 g/mol. The van der Waals surface area contributed by atoms with Crippen molar-refractivity contribution < 1.29 is 0 Å². The van der Waals surface area contributed by atoms with E-state index in [0.717, 1.165) is 27.8 Å². The van der Waals surface area contributed by atoms with Crippen molar-refractivity contribution in [3.8, 4) is 16.9 Å². The van der Waals surface area contributed by atoms with Crippen molar-refractivity contribution in [2.24, 2.45) is 7.05 Å². The molecule has 2 heterocycles. The molecule has 0 saturated carbocycles. The second kappa shape index (κ2) is 5.41. The van der Waals surface area contributed by atoms with E-state index in [1.54, 1.807) is 18.6 Å². The van der Waals surface area contributed by atoms with Gasteiger partial charge in [-0.1, -0.05) is 41.4 Å². The minimum absolute atomic E-state index is 0.611. The number of halogens is 2. The van der Waals surface area contributed by atoms with E-state index >= 15 is 0 Å². The van der Waals surface area contributed by atoms with Crippen molar-refractivity contribution >= 4 is 34.1 Å². The lowest BCUT2D eigenvalue weighted by atomic mass is 10.0. The van der Waals surface area contributed by atoms with Gasteiger partial charge in [-0.05, 0) is 18.2 Å². The highest BCUT2D eigenvalue weighted by Crippen LogP contribution is 2.35. The van der Waals surface area contributed by atoms with Gasteiger partial charge in [-0.15, -0.1) is 0 Å². The second-order valence-corrected chi connectivity index (χ2v) is 6.09. The zero-order valence-electron chi connectivity index (χ0n) is 12.2. The Labute approximate surface area is 142 Å². The lowest BCUT2D eigenvalue weighted by molar-refractivity contribution is 0.739. The number of hydrogen-bond acceptors (Lipinski definition) is 2. The highest BCUT2D eigenvalue weighted by Gasteiger charge is 2.15. The van der Waals surface area contributed by atoms with E-state index in [0.29, 0.717) is 10.0 Å². The van der Waals surface area contributed by atoms with E-state index in [4.69, 9.17) is 23.2 Å². The van der Waals surface area contributed by atoms with Gasteiger partial charge in [0.1, 0.15) is 17.7 Å². The van der Waals surface area contributed by atoms with Crippen LogP contribution in [-0.2, 0) is 7.05 Å². The first kappa shape index (κ1) is 14.3. The zero-order chi connectivity index (χ0) is 16.0. The second-order valence-electron chi connectivity index (χ2n) is 5.24. The van der Waals surface area contributed by atoms with Gasteiger partial charge < -0.3 is 0 Å². The molecule has 0 aliphatic heterocycles. The maximum atomic E-state index is 6.38. The number of aryl methyl sites for hydroxylation is 1. The molecule has 0 aliphatic carbocycles. The number of nitrogens with zero attached hydrogens (tertiary/aromatic N) is 4. The highest BCUT2D eigenvalue weighted by molar-refractivity contribution is 6.36. The molecule has 114 valence electrons. The molecule has 4 aromatic rings. The maximum Gasteiger partial charge on any atom is 0.143 e. The van der Waals surface area contributed by atoms with Crippen LogP contribution in [0.3, 0.4) is 0 Å². The lowest BCUT2D eigenvalue weighted by Gasteiger charge is -2.06. The molecule has 2 aromatic heterocycles. The average Bonchev–Trinajstić information content (AvgIpc) is 3.13. The molecule has 0 fully saturated rings. The first-order valence-corrected chi connectivity index (χ1v) is 7.80. The van der Waals surface area contributed by atoms with Crippen LogP contribution >= 0.6 is 23.2 Å². The molecule has 0 N–H and O–H groups in total. The van der Waals surface area contributed by atoms with Crippen LogP contribution in [0.1, 0.15) is 0 Å². The van der Waals surface area contributed by atoms with Gasteiger partial charge in [0.25, 0.3) is 0 Å². The van der Waals surface area contributed by atoms with Crippen molar-refractivity contribution in [3.05, 3.63) is 65.2 Å². The van der Waals surface area contributed by atoms with Gasteiger partial charge in [0.05, 0.1) is 0 Å². The Morgan fingerprint density at radius 2 is 1.91 bits per heavy atom. The summed E-state index contributed by atoms with van der Waals surface area (Å²) in [6.45, 7) is 0. The summed E-state index contributed by atoms with van der Waals surface area (Å²) in [6.07, 6.45) is 5.41. The summed E-state index contributed by atoms with van der Waals surface area (Å²) in [5.74, 6) is 0.962. The number of fused-ring (bicyclic) bond motifs is 1. The highest BCUT2D eigenvalue weighted by atomic mass is 35.5. The number of aromatic nitrogens is 4. The predicted molar refractivity (Wildman–Crippen MR) is 93.3 cm³/mol. The number of imidazole rings is 1. The molecule has 2 aromatic carbocycles. The minimum Gasteiger partial charge on any atom is -0.290 e. The van der Waals surface area contributed by atoms with Gasteiger partial charge in [-0.2, -0.15) is 5.10 Å². The first-order valence-electron chi connectivity index (χ1n) is 7.04. The summed E-state index contributed by atoms with van der Waals surface area (Å²) in [5, 5.41) is 6.95. The van der Waals surface area contributed by atoms with Crippen LogP contribution in [0.15, 0.2) is 55.1 Å². The third kappa shape index (κ3) is 2.31. The van der Waals surface area contributed by atoms with Gasteiger partial charge in [0, 0.05) is 46.0 Å². The van der Waals surface area contributed by atoms with Crippen molar-refractivity contribution in [1.82, 2.24) is 19.3 Å². The number of hydrogen-bond donors (Lipinski definition) is 0. The molecule has 0 spiro atoms. The zero-order valence-corrected chi connectivity index (χ0v) is 13.8. The average molecular weight is 343 g/mol. The van der Waals surface area contributed by atoms with Gasteiger partial charge in [-0.3, -0.25) is 9.25 Å². The molecule has 0 bridgehead atoms. The van der Waals surface area contributed by atoms with Crippen LogP contribution in [-0.4, -0.2) is 19.3 Å². The smallest absolute Gasteiger partial charge is 0.143 e. The Morgan fingerprint density at radius 1 is 1.04 bits per heavy atom. The predicted octanol–water partition coefficient (Wildman–Crippen LogP) is 4.73. The number of rotatable bonds is 2. The monoisotopic (exact) mass is 342 g/mol. The SMILES string of the molecule is Cn1nc2c(-c3ccc(Cl)cc3Cl)cccc2c1-n1ccnc1. The van der Waals surface area contributed by atoms with E-state index in [1.807, 2.05) is 52.8 Å². The summed E-state index contributed by atoms with van der Waals surface area (Å²) in [7, 11) is 1.92. The standard InChI is InChI=1S/C17H12Cl2N4/c1-22-17(23-8-7-20-10-23)14-4-2-3-13(16(14)21-22)12-6-5-11(18)9-15(12)19/h2-10H,1H3. The van der Waals surface area contributed by atoms with Crippen LogP contribution in [0.4, 0.5) is 0 Å². The summed E-state index contributed by atoms with van der Waals surface area (Å²) in [4.78, 5) is 4.12. The van der Waals surface area contributed by atoms with Crippen molar-refractivity contribution in [3.63, 3.8) is 0 Å². The Morgan fingerprint density at radius 3 is 2.65 bits per heavy atom. The number of benzene rings is 2. The molecule has 0 atom stereocenters. The fourth-order valence-electron chi connectivity index (χ4n) is 2.82. The molecule has 0 saturated heterocycles. The van der Waals surface area contributed by atoms with Crippen LogP contribution in [0.2, 0.25) is 10.0 Å². The Hall–Kier alpha value is -2.30. The molecule has 23 heavy (non-hydrogen) atoms. The van der Waals surface area contributed by atoms with Crippen LogP contribution in [0.5, 0.6) is 0 Å². The van der Waals surface area contributed by atoms with E-state index in [-0.39, 0.29) is 0 Å². The molecule has 0 aliphatic rings. The summed E-state index contributed by atoms with van der Waals surface area (Å²) >= 11 is 12.4. The lowest BCUT2D eigenvalue weighted by Crippen LogP contribution is -2.00. The fourth-order valence-corrected chi connectivity index (χ4v) is 3.33. The van der Waals surface area contributed by atoms with Gasteiger partial charge in [0.15, 0.2) is 0 Å². The van der Waals surface area contributed by atoms with Gasteiger partial charge >= 0.3 is 0 Å². The Bertz CT molecular complexity index is 1000. The van der Waals surface area contributed by atoms with E-state index < -0.39 is 0 Å². The Balaban J connectivity index is 2.01. The Kier molecular flexibility index (Phi) is 3.36. The van der Waals surface area contributed by atoms with Crippen LogP contribution in [0, 0.1) is 0 Å². The van der Waals surface area contributed by atoms with Crippen LogP contribution < -0.4 is 0 Å². The van der Waals surface area contributed by atoms with Crippen molar-refractivity contribution in [2.75, 3.05) is 0 Å². The molecule has 0 amide bonds. The van der Waals surface area contributed by atoms with E-state index in [9.17, 15) is 0 Å². The summed E-state index contributed by atoms with van der Waals surface area (Å²) in [6, 6.07) is 11.6. The topological polar surface area (TPSA) is 35.6 Å². The molecule has 0 radical (unpaired) electrons. The van der Waals surface area contributed by atoms with E-state index in [2.05, 4.69) is 10.1 Å². The van der Waals surface area contributed by atoms with Crippen LogP contribution in [0.25, 0.3) is 27.8 Å². The van der Waals surface area contributed by atoms with Crippen molar-refractivity contribution in [1.29, 1.82) is 0 Å². The minimum atomic E-state index is 0.611. The molecule has 6 heteroatoms. The van der Waals surface area contributed by atoms with E-state index in [1.165, 1.54) is 0 Å². The normalized spacial score (nSPS) is 11.3. The van der Waals surface area contributed by atoms with Gasteiger partial charge in [-0.25, -0.2) is 4.98 Å². The largest absolute Gasteiger partial charge is 0.290 e. The molecular formula is C17H12Cl2N4. The fraction of sp³-hybridized carbons (Fsp3) is 0.0588. The molecule has 0 unspecified atom stereocenters. The quantitative estimate of drug-likeness (QED) is 0.527. The molecule has 4 rings (SSSR count).